The molecule has 0 aliphatic heterocycles. The number of nitrogens with one attached hydrogen (secondary N) is 1. The predicted octanol–water partition coefficient (Wildman–Crippen LogP) is 2.85. The maximum absolute atomic E-state index is 13.8. The van der Waals surface area contributed by atoms with Crippen LogP contribution in [0.15, 0.2) is 18.5 Å². The monoisotopic (exact) mass is 426 g/mol. The average molecular weight is 426 g/mol. The molecule has 0 bridgehead atoms. The van der Waals surface area contributed by atoms with Crippen molar-refractivity contribution in [3.05, 3.63) is 68.8 Å². The van der Waals surface area contributed by atoms with Gasteiger partial charge in [0.15, 0.2) is 17.5 Å². The Kier molecular flexibility index (Phi) is 5.54. The van der Waals surface area contributed by atoms with Crippen molar-refractivity contribution in [2.24, 2.45) is 0 Å². The topological polar surface area (TPSA) is 108 Å². The summed E-state index contributed by atoms with van der Waals surface area (Å²) in [5, 5.41) is 21.2. The van der Waals surface area contributed by atoms with Gasteiger partial charge in [0.05, 0.1) is 23.4 Å². The Morgan fingerprint density at radius 3 is 2.53 bits per heavy atom. The van der Waals surface area contributed by atoms with Crippen molar-refractivity contribution in [2.75, 3.05) is 5.32 Å². The molecule has 2 aromatic heterocycles. The first-order chi connectivity index (χ1) is 14.1. The van der Waals surface area contributed by atoms with Gasteiger partial charge in [-0.1, -0.05) is 0 Å². The number of halogens is 4. The van der Waals surface area contributed by atoms with Crippen LogP contribution in [-0.2, 0) is 17.9 Å². The third-order valence-electron chi connectivity index (χ3n) is 4.27. The molecule has 0 unspecified atom stereocenters. The van der Waals surface area contributed by atoms with Crippen LogP contribution in [0.2, 0.25) is 0 Å². The fourth-order valence-corrected chi connectivity index (χ4v) is 2.87. The van der Waals surface area contributed by atoms with Crippen LogP contribution >= 0.6 is 0 Å². The van der Waals surface area contributed by atoms with Crippen molar-refractivity contribution < 1.29 is 27.3 Å². The molecule has 0 saturated heterocycles. The molecule has 0 fully saturated rings. The summed E-state index contributed by atoms with van der Waals surface area (Å²) in [6.07, 6.45) is 2.40. The van der Waals surface area contributed by atoms with Crippen molar-refractivity contribution in [3.63, 3.8) is 0 Å². The number of hydrogen-bond acceptors (Lipinski definition) is 5. The first-order valence-electron chi connectivity index (χ1n) is 8.41. The summed E-state index contributed by atoms with van der Waals surface area (Å²) < 4.78 is 56.0. The molecule has 0 aliphatic carbocycles. The van der Waals surface area contributed by atoms with Crippen LogP contribution < -0.4 is 5.32 Å². The second-order valence-electron chi connectivity index (χ2n) is 6.36. The van der Waals surface area contributed by atoms with E-state index < -0.39 is 46.2 Å². The highest BCUT2D eigenvalue weighted by Gasteiger charge is 2.23. The largest absolute Gasteiger partial charge is 0.322 e. The lowest BCUT2D eigenvalue weighted by Crippen LogP contribution is -2.20. The molecular formula is C17H14F4N6O3. The summed E-state index contributed by atoms with van der Waals surface area (Å²) >= 11 is 0. The summed E-state index contributed by atoms with van der Waals surface area (Å²) in [6, 6.07) is 0.230. The highest BCUT2D eigenvalue weighted by Crippen LogP contribution is 2.22. The number of benzene rings is 1. The highest BCUT2D eigenvalue weighted by molar-refractivity contribution is 5.90. The van der Waals surface area contributed by atoms with Crippen LogP contribution in [0.4, 0.5) is 28.9 Å². The molecule has 13 heteroatoms. The minimum atomic E-state index is -1.80. The van der Waals surface area contributed by atoms with Crippen LogP contribution in [0.3, 0.4) is 0 Å². The molecule has 30 heavy (non-hydrogen) atoms. The van der Waals surface area contributed by atoms with Crippen LogP contribution in [-0.4, -0.2) is 30.4 Å². The Balaban J connectivity index is 1.71. The Bertz CT molecular complexity index is 1160. The number of anilines is 1. The van der Waals surface area contributed by atoms with Crippen LogP contribution in [0.5, 0.6) is 0 Å². The molecule has 9 nitrogen and oxygen atoms in total. The number of nitrogens with zero attached hydrogens (tertiary/aromatic N) is 5. The van der Waals surface area contributed by atoms with Gasteiger partial charge in [-0.05, 0) is 13.8 Å². The molecule has 1 amide bonds. The first-order valence-corrected chi connectivity index (χ1v) is 8.41. The highest BCUT2D eigenvalue weighted by atomic mass is 19.2. The smallest absolute Gasteiger partial charge is 0.312 e. The van der Waals surface area contributed by atoms with E-state index in [0.717, 1.165) is 4.68 Å². The maximum atomic E-state index is 13.8. The van der Waals surface area contributed by atoms with Gasteiger partial charge in [-0.15, -0.1) is 0 Å². The molecule has 0 radical (unpaired) electrons. The van der Waals surface area contributed by atoms with Crippen LogP contribution in [0.25, 0.3) is 0 Å². The number of aryl methyl sites for hydroxylation is 1. The lowest BCUT2D eigenvalue weighted by Gasteiger charge is -2.07. The Morgan fingerprint density at radius 2 is 1.90 bits per heavy atom. The Labute approximate surface area is 166 Å². The van der Waals surface area contributed by atoms with E-state index in [0.29, 0.717) is 0 Å². The molecule has 2 heterocycles. The molecule has 3 rings (SSSR count). The van der Waals surface area contributed by atoms with Crippen molar-refractivity contribution in [2.45, 2.75) is 26.9 Å². The molecule has 1 N–H and O–H groups in total. The fraction of sp³-hybridized carbons (Fsp3) is 0.235. The quantitative estimate of drug-likeness (QED) is 0.214. The zero-order valence-corrected chi connectivity index (χ0v) is 15.6. The number of carbonyl (C=O) groups is 1. The zero-order chi connectivity index (χ0) is 22.2. The minimum Gasteiger partial charge on any atom is -0.322 e. The van der Waals surface area contributed by atoms with Crippen molar-refractivity contribution in [1.29, 1.82) is 0 Å². The second kappa shape index (κ2) is 7.93. The summed E-state index contributed by atoms with van der Waals surface area (Å²) in [6.45, 7) is 2.03. The fourth-order valence-electron chi connectivity index (χ4n) is 2.87. The number of amides is 1. The van der Waals surface area contributed by atoms with Crippen LogP contribution in [0, 0.1) is 47.2 Å². The molecule has 158 valence electrons. The van der Waals surface area contributed by atoms with Gasteiger partial charge in [0.25, 0.3) is 0 Å². The predicted molar refractivity (Wildman–Crippen MR) is 94.6 cm³/mol. The van der Waals surface area contributed by atoms with E-state index in [1.165, 1.54) is 30.9 Å². The van der Waals surface area contributed by atoms with Gasteiger partial charge in [0.2, 0.25) is 5.91 Å². The normalized spacial score (nSPS) is 11.0. The number of aromatic nitrogens is 4. The lowest BCUT2D eigenvalue weighted by atomic mass is 10.2. The van der Waals surface area contributed by atoms with Gasteiger partial charge in [-0.3, -0.25) is 24.3 Å². The van der Waals surface area contributed by atoms with Gasteiger partial charge >= 0.3 is 5.69 Å². The maximum Gasteiger partial charge on any atom is 0.312 e. The van der Waals surface area contributed by atoms with Crippen molar-refractivity contribution >= 4 is 17.3 Å². The van der Waals surface area contributed by atoms with E-state index in [1.807, 2.05) is 0 Å². The van der Waals surface area contributed by atoms with Gasteiger partial charge in [0.1, 0.15) is 23.7 Å². The van der Waals surface area contributed by atoms with Gasteiger partial charge in [0, 0.05) is 17.8 Å². The average Bonchev–Trinajstić information content (AvgIpc) is 3.20. The summed E-state index contributed by atoms with van der Waals surface area (Å²) in [7, 11) is 0. The van der Waals surface area contributed by atoms with E-state index in [4.69, 9.17) is 0 Å². The third-order valence-corrected chi connectivity index (χ3v) is 4.27. The molecular weight excluding hydrogens is 412 g/mol. The first kappa shape index (κ1) is 21.0. The standard InChI is InChI=1S/C17H14F4N6O3/c1-8-17(27(29)30)9(2)26(24-8)7-14(28)23-10-4-22-25(5-10)6-11-12(18)3-13(19)16(21)15(11)20/h3-5H,6-7H2,1-2H3,(H,23,28). The number of nitro groups is 1. The number of hydrogen-bond donors (Lipinski definition) is 1. The second-order valence-corrected chi connectivity index (χ2v) is 6.36. The zero-order valence-electron chi connectivity index (χ0n) is 15.6. The van der Waals surface area contributed by atoms with E-state index in [2.05, 4.69) is 15.5 Å². The van der Waals surface area contributed by atoms with Crippen molar-refractivity contribution in [3.8, 4) is 0 Å². The summed E-state index contributed by atoms with van der Waals surface area (Å²) in [5.74, 6) is -6.98. The van der Waals surface area contributed by atoms with Crippen molar-refractivity contribution in [1.82, 2.24) is 19.6 Å². The summed E-state index contributed by atoms with van der Waals surface area (Å²) in [5.41, 5.74) is -0.406. The molecule has 3 aromatic rings. The van der Waals surface area contributed by atoms with E-state index >= 15 is 0 Å². The van der Waals surface area contributed by atoms with Gasteiger partial charge in [-0.25, -0.2) is 17.6 Å². The molecule has 0 saturated carbocycles. The minimum absolute atomic E-state index is 0.152. The lowest BCUT2D eigenvalue weighted by molar-refractivity contribution is -0.386. The SMILES string of the molecule is Cc1nn(CC(=O)Nc2cnn(Cc3c(F)cc(F)c(F)c3F)c2)c(C)c1[N+](=O)[O-]. The summed E-state index contributed by atoms with van der Waals surface area (Å²) in [4.78, 5) is 22.6. The van der Waals surface area contributed by atoms with E-state index in [1.54, 1.807) is 0 Å². The Hall–Kier alpha value is -3.77. The molecule has 0 aliphatic rings. The number of carbonyl (C=O) groups excluding carboxylic acids is 1. The van der Waals surface area contributed by atoms with Crippen LogP contribution in [0.1, 0.15) is 17.0 Å². The molecule has 1 aromatic carbocycles. The molecule has 0 spiro atoms. The van der Waals surface area contributed by atoms with Gasteiger partial charge < -0.3 is 5.32 Å². The van der Waals surface area contributed by atoms with Gasteiger partial charge in [-0.2, -0.15) is 10.2 Å². The third kappa shape index (κ3) is 3.99. The Morgan fingerprint density at radius 1 is 1.20 bits per heavy atom. The van der Waals surface area contributed by atoms with E-state index in [9.17, 15) is 32.5 Å². The van der Waals surface area contributed by atoms with E-state index in [-0.39, 0.29) is 35.4 Å². The molecule has 0 atom stereocenters. The number of rotatable bonds is 6.